The molecule has 3 N–H and O–H groups in total. The van der Waals surface area contributed by atoms with Gasteiger partial charge in [0.1, 0.15) is 36.9 Å². The van der Waals surface area contributed by atoms with Crippen molar-refractivity contribution in [3.63, 3.8) is 0 Å². The maximum Gasteiger partial charge on any atom is 0.127 e. The molecule has 0 spiro atoms. The van der Waals surface area contributed by atoms with E-state index in [4.69, 9.17) is 15.9 Å². The molecule has 168 valence electrons. The molecular formula is C25H34N2O4. The van der Waals surface area contributed by atoms with E-state index < -0.39 is 12.2 Å². The quantitative estimate of drug-likeness (QED) is 0.271. The van der Waals surface area contributed by atoms with Gasteiger partial charge in [0.05, 0.1) is 0 Å². The van der Waals surface area contributed by atoms with Crippen molar-refractivity contribution in [2.24, 2.45) is 0 Å². The number of aliphatic hydroxyl groups excluding tert-OH is 2. The van der Waals surface area contributed by atoms with Gasteiger partial charge in [-0.25, -0.2) is 0 Å². The molecule has 0 radical (unpaired) electrons. The van der Waals surface area contributed by atoms with Crippen LogP contribution < -0.4 is 10.1 Å². The predicted molar refractivity (Wildman–Crippen MR) is 124 cm³/mol. The van der Waals surface area contributed by atoms with Crippen LogP contribution in [0.1, 0.15) is 18.9 Å². The van der Waals surface area contributed by atoms with E-state index in [9.17, 15) is 10.2 Å². The van der Waals surface area contributed by atoms with Crippen molar-refractivity contribution in [1.82, 2.24) is 10.2 Å². The first-order valence-electron chi connectivity index (χ1n) is 10.6. The summed E-state index contributed by atoms with van der Waals surface area (Å²) in [6.07, 6.45) is 12.1. The molecule has 6 heteroatoms. The fraction of sp³-hybridized carbons (Fsp3) is 0.440. The molecular weight excluding hydrogens is 392 g/mol. The molecule has 0 saturated carbocycles. The number of aryl methyl sites for hydroxylation is 1. The van der Waals surface area contributed by atoms with Crippen molar-refractivity contribution in [2.45, 2.75) is 32.5 Å². The second-order valence-corrected chi connectivity index (χ2v) is 7.58. The Hall–Kier alpha value is -2.72. The third-order valence-electron chi connectivity index (χ3n) is 4.76. The van der Waals surface area contributed by atoms with Crippen molar-refractivity contribution in [2.75, 3.05) is 39.4 Å². The fourth-order valence-electron chi connectivity index (χ4n) is 3.17. The largest absolute Gasteiger partial charge is 0.491 e. The highest BCUT2D eigenvalue weighted by Crippen LogP contribution is 2.13. The summed E-state index contributed by atoms with van der Waals surface area (Å²) < 4.78 is 11.2. The Morgan fingerprint density at radius 3 is 2.84 bits per heavy atom. The second kappa shape index (κ2) is 13.6. The zero-order chi connectivity index (χ0) is 22.5. The summed E-state index contributed by atoms with van der Waals surface area (Å²) in [5.41, 5.74) is 2.22. The van der Waals surface area contributed by atoms with Crippen molar-refractivity contribution >= 4 is 0 Å². The third-order valence-corrected chi connectivity index (χ3v) is 4.76. The second-order valence-electron chi connectivity index (χ2n) is 7.58. The van der Waals surface area contributed by atoms with Gasteiger partial charge in [-0.1, -0.05) is 30.2 Å². The molecule has 0 bridgehead atoms. The Morgan fingerprint density at radius 2 is 2.16 bits per heavy atom. The molecule has 6 nitrogen and oxygen atoms in total. The van der Waals surface area contributed by atoms with E-state index in [1.807, 2.05) is 44.2 Å². The Balaban J connectivity index is 1.65. The SMILES string of the molecule is C#C/C=C(\C=C/C)OCC(O)CNC1=CCN(CC(O)COc2cccc(C)c2)CC1. The topological polar surface area (TPSA) is 74.2 Å². The van der Waals surface area contributed by atoms with E-state index in [0.717, 1.165) is 36.5 Å². The zero-order valence-corrected chi connectivity index (χ0v) is 18.5. The summed E-state index contributed by atoms with van der Waals surface area (Å²) in [7, 11) is 0. The fourth-order valence-corrected chi connectivity index (χ4v) is 3.17. The lowest BCUT2D eigenvalue weighted by molar-refractivity contribution is 0.0691. The number of nitrogens with zero attached hydrogens (tertiary/aromatic N) is 1. The van der Waals surface area contributed by atoms with Gasteiger partial charge in [-0.3, -0.25) is 4.90 Å². The Labute approximate surface area is 185 Å². The molecule has 1 aliphatic rings. The number of terminal acetylenes is 1. The van der Waals surface area contributed by atoms with Crippen LogP contribution in [0.3, 0.4) is 0 Å². The van der Waals surface area contributed by atoms with Crippen LogP contribution in [0.4, 0.5) is 0 Å². The standard InChI is InChI=1S/C25H34N2O4/c1-4-7-24(8-5-2)30-18-22(28)16-26-21-11-13-27(14-12-21)17-23(29)19-31-25-10-6-9-20(3)15-25/h1,5-11,15,22-23,26,28-29H,12-14,16-19H2,2-3H3/b8-5-,24-7+. The number of benzene rings is 1. The van der Waals surface area contributed by atoms with Crippen molar-refractivity contribution in [3.8, 4) is 18.1 Å². The Bertz CT molecular complexity index is 810. The maximum atomic E-state index is 10.3. The molecule has 0 saturated heterocycles. The average molecular weight is 427 g/mol. The van der Waals surface area contributed by atoms with Crippen molar-refractivity contribution < 1.29 is 19.7 Å². The lowest BCUT2D eigenvalue weighted by Gasteiger charge is -2.29. The van der Waals surface area contributed by atoms with E-state index in [1.54, 1.807) is 6.08 Å². The van der Waals surface area contributed by atoms with Crippen LogP contribution in [0.15, 0.2) is 60.0 Å². The summed E-state index contributed by atoms with van der Waals surface area (Å²) >= 11 is 0. The van der Waals surface area contributed by atoms with Gasteiger partial charge >= 0.3 is 0 Å². The van der Waals surface area contributed by atoms with Crippen LogP contribution in [0.25, 0.3) is 0 Å². The number of β-amino-alcohol motifs (C(OH)–C–C–N with tert-alkyl or cyclic N) is 1. The molecule has 2 rings (SSSR count). The van der Waals surface area contributed by atoms with Gasteiger partial charge in [0.2, 0.25) is 0 Å². The minimum absolute atomic E-state index is 0.164. The monoisotopic (exact) mass is 426 g/mol. The molecule has 0 fully saturated rings. The van der Waals surface area contributed by atoms with Crippen LogP contribution >= 0.6 is 0 Å². The molecule has 2 atom stereocenters. The summed E-state index contributed by atoms with van der Waals surface area (Å²) in [6.45, 7) is 6.86. The van der Waals surface area contributed by atoms with Gasteiger partial charge in [-0.2, -0.15) is 0 Å². The van der Waals surface area contributed by atoms with Gasteiger partial charge in [0.25, 0.3) is 0 Å². The van der Waals surface area contributed by atoms with E-state index in [0.29, 0.717) is 18.8 Å². The minimum atomic E-state index is -0.647. The molecule has 1 aliphatic heterocycles. The van der Waals surface area contributed by atoms with Gasteiger partial charge in [-0.05, 0) is 44.0 Å². The Kier molecular flexibility index (Phi) is 10.7. The van der Waals surface area contributed by atoms with E-state index >= 15 is 0 Å². The normalized spacial score (nSPS) is 17.0. The zero-order valence-electron chi connectivity index (χ0n) is 18.5. The predicted octanol–water partition coefficient (Wildman–Crippen LogP) is 2.38. The number of nitrogens with one attached hydrogen (secondary N) is 1. The smallest absolute Gasteiger partial charge is 0.127 e. The van der Waals surface area contributed by atoms with Gasteiger partial charge in [0.15, 0.2) is 0 Å². The lowest BCUT2D eigenvalue weighted by Crippen LogP contribution is -2.40. The number of allylic oxidation sites excluding steroid dienone is 3. The first-order valence-corrected chi connectivity index (χ1v) is 10.6. The summed E-state index contributed by atoms with van der Waals surface area (Å²) in [6, 6.07) is 7.81. The molecule has 0 aromatic heterocycles. The molecule has 31 heavy (non-hydrogen) atoms. The van der Waals surface area contributed by atoms with Crippen molar-refractivity contribution in [3.05, 3.63) is 65.6 Å². The van der Waals surface area contributed by atoms with Crippen molar-refractivity contribution in [1.29, 1.82) is 0 Å². The Morgan fingerprint density at radius 1 is 1.32 bits per heavy atom. The van der Waals surface area contributed by atoms with Crippen LogP contribution in [-0.4, -0.2) is 66.7 Å². The van der Waals surface area contributed by atoms with Gasteiger partial charge < -0.3 is 25.0 Å². The number of ether oxygens (including phenoxy) is 2. The minimum Gasteiger partial charge on any atom is -0.491 e. The molecule has 0 aliphatic carbocycles. The highest BCUT2D eigenvalue weighted by molar-refractivity contribution is 5.27. The average Bonchev–Trinajstić information content (AvgIpc) is 2.76. The number of hydrogen-bond donors (Lipinski definition) is 3. The first kappa shape index (κ1) is 24.5. The summed E-state index contributed by atoms with van der Waals surface area (Å²) in [5.74, 6) is 3.75. The summed E-state index contributed by atoms with van der Waals surface area (Å²) in [5, 5.41) is 23.7. The summed E-state index contributed by atoms with van der Waals surface area (Å²) in [4.78, 5) is 2.18. The molecule has 1 aromatic carbocycles. The van der Waals surface area contributed by atoms with E-state index in [-0.39, 0.29) is 13.2 Å². The number of hydrogen-bond acceptors (Lipinski definition) is 6. The highest BCUT2D eigenvalue weighted by atomic mass is 16.5. The van der Waals surface area contributed by atoms with Crippen LogP contribution in [0.5, 0.6) is 5.75 Å². The van der Waals surface area contributed by atoms with E-state index in [1.165, 1.54) is 6.08 Å². The number of rotatable bonds is 12. The number of aliphatic hydroxyl groups is 2. The van der Waals surface area contributed by atoms with Crippen LogP contribution in [0, 0.1) is 19.3 Å². The molecule has 1 heterocycles. The van der Waals surface area contributed by atoms with Gasteiger partial charge in [0, 0.05) is 38.0 Å². The first-order chi connectivity index (χ1) is 15.0. The highest BCUT2D eigenvalue weighted by Gasteiger charge is 2.16. The van der Waals surface area contributed by atoms with E-state index in [2.05, 4.69) is 22.2 Å². The molecule has 2 unspecified atom stereocenters. The van der Waals surface area contributed by atoms with Crippen LogP contribution in [-0.2, 0) is 4.74 Å². The third kappa shape index (κ3) is 9.75. The van der Waals surface area contributed by atoms with Crippen LogP contribution in [0.2, 0.25) is 0 Å². The molecule has 1 aromatic rings. The maximum absolute atomic E-state index is 10.3. The van der Waals surface area contributed by atoms with Gasteiger partial charge in [-0.15, -0.1) is 6.42 Å². The lowest BCUT2D eigenvalue weighted by atomic mass is 10.1. The molecule has 0 amide bonds.